The van der Waals surface area contributed by atoms with Crippen LogP contribution in [0.5, 0.6) is 0 Å². The molecule has 1 saturated carbocycles. The molecule has 0 radical (unpaired) electrons. The topological polar surface area (TPSA) is 67.2 Å². The summed E-state index contributed by atoms with van der Waals surface area (Å²) < 4.78 is 4.56. The Morgan fingerprint density at radius 3 is 3.08 bits per heavy atom. The molecule has 13 heavy (non-hydrogen) atoms. The number of aromatic nitrogens is 1. The highest BCUT2D eigenvalue weighted by Gasteiger charge is 2.33. The molecule has 1 aromatic rings. The minimum Gasteiger partial charge on any atom is -0.363 e. The second kappa shape index (κ2) is 3.08. The maximum Gasteiger partial charge on any atom is 0.320 e. The van der Waals surface area contributed by atoms with Gasteiger partial charge in [0.15, 0.2) is 5.82 Å². The van der Waals surface area contributed by atoms with Crippen molar-refractivity contribution in [1.29, 1.82) is 0 Å². The van der Waals surface area contributed by atoms with Gasteiger partial charge in [0.25, 0.3) is 0 Å². The van der Waals surface area contributed by atoms with Crippen LogP contribution in [0.1, 0.15) is 13.3 Å². The van der Waals surface area contributed by atoms with E-state index < -0.39 is 0 Å². The van der Waals surface area contributed by atoms with E-state index in [9.17, 15) is 4.79 Å². The SMILES string of the molecule is C[C@@H]1C[C@H]1NC(=O)Nc1ccon1. The summed E-state index contributed by atoms with van der Waals surface area (Å²) in [5.74, 6) is 1.04. The van der Waals surface area contributed by atoms with E-state index in [-0.39, 0.29) is 6.03 Å². The van der Waals surface area contributed by atoms with Gasteiger partial charge in [-0.2, -0.15) is 0 Å². The maximum atomic E-state index is 11.2. The maximum absolute atomic E-state index is 11.2. The summed E-state index contributed by atoms with van der Waals surface area (Å²) in [5.41, 5.74) is 0. The van der Waals surface area contributed by atoms with Crippen molar-refractivity contribution >= 4 is 11.8 Å². The Kier molecular flexibility index (Phi) is 1.92. The van der Waals surface area contributed by atoms with Crippen molar-refractivity contribution in [3.8, 4) is 0 Å². The Morgan fingerprint density at radius 1 is 1.77 bits per heavy atom. The van der Waals surface area contributed by atoms with Crippen molar-refractivity contribution in [1.82, 2.24) is 10.5 Å². The fraction of sp³-hybridized carbons (Fsp3) is 0.500. The molecule has 1 fully saturated rings. The van der Waals surface area contributed by atoms with Crippen LogP contribution in [0.3, 0.4) is 0 Å². The van der Waals surface area contributed by atoms with Crippen LogP contribution in [0.25, 0.3) is 0 Å². The molecule has 0 saturated heterocycles. The predicted octanol–water partition coefficient (Wildman–Crippen LogP) is 1.20. The zero-order valence-electron chi connectivity index (χ0n) is 7.28. The molecule has 2 rings (SSSR count). The average Bonchev–Trinajstić information content (AvgIpc) is 2.61. The third kappa shape index (κ3) is 1.99. The van der Waals surface area contributed by atoms with Crippen molar-refractivity contribution < 1.29 is 9.32 Å². The van der Waals surface area contributed by atoms with E-state index >= 15 is 0 Å². The molecule has 0 bridgehead atoms. The van der Waals surface area contributed by atoms with Crippen LogP contribution in [0.15, 0.2) is 16.9 Å². The zero-order chi connectivity index (χ0) is 9.26. The highest BCUT2D eigenvalue weighted by atomic mass is 16.5. The number of urea groups is 1. The van der Waals surface area contributed by atoms with Crippen molar-refractivity contribution in [2.75, 3.05) is 5.32 Å². The first-order valence-electron chi connectivity index (χ1n) is 4.23. The van der Waals surface area contributed by atoms with Gasteiger partial charge in [-0.3, -0.25) is 5.32 Å². The third-order valence-corrected chi connectivity index (χ3v) is 2.11. The number of anilines is 1. The van der Waals surface area contributed by atoms with Crippen LogP contribution >= 0.6 is 0 Å². The Balaban J connectivity index is 1.79. The summed E-state index contributed by atoms with van der Waals surface area (Å²) in [4.78, 5) is 11.2. The van der Waals surface area contributed by atoms with Crippen LogP contribution in [0, 0.1) is 5.92 Å². The molecule has 0 spiro atoms. The average molecular weight is 181 g/mol. The lowest BCUT2D eigenvalue weighted by molar-refractivity contribution is 0.251. The molecule has 70 valence electrons. The van der Waals surface area contributed by atoms with E-state index in [2.05, 4.69) is 27.2 Å². The molecule has 0 aromatic carbocycles. The summed E-state index contributed by atoms with van der Waals surface area (Å²) in [5, 5.41) is 8.93. The molecule has 0 unspecified atom stereocenters. The molecule has 1 aliphatic rings. The summed E-state index contributed by atoms with van der Waals surface area (Å²) >= 11 is 0. The Bertz CT molecular complexity index is 296. The summed E-state index contributed by atoms with van der Waals surface area (Å²) in [6.45, 7) is 2.10. The predicted molar refractivity (Wildman–Crippen MR) is 46.2 cm³/mol. The van der Waals surface area contributed by atoms with Gasteiger partial charge in [0.2, 0.25) is 0 Å². The van der Waals surface area contributed by atoms with Crippen molar-refractivity contribution in [3.05, 3.63) is 12.3 Å². The van der Waals surface area contributed by atoms with Gasteiger partial charge in [-0.15, -0.1) is 0 Å². The Labute approximate surface area is 75.5 Å². The van der Waals surface area contributed by atoms with Gasteiger partial charge in [-0.25, -0.2) is 4.79 Å². The Hall–Kier alpha value is -1.52. The van der Waals surface area contributed by atoms with Gasteiger partial charge in [0.1, 0.15) is 6.26 Å². The summed E-state index contributed by atoms with van der Waals surface area (Å²) in [6, 6.07) is 1.70. The molecule has 1 heterocycles. The van der Waals surface area contributed by atoms with Gasteiger partial charge in [0, 0.05) is 12.1 Å². The number of hydrogen-bond donors (Lipinski definition) is 2. The fourth-order valence-corrected chi connectivity index (χ4v) is 1.12. The second-order valence-electron chi connectivity index (χ2n) is 3.30. The molecule has 5 nitrogen and oxygen atoms in total. The lowest BCUT2D eigenvalue weighted by Crippen LogP contribution is -2.31. The van der Waals surface area contributed by atoms with Gasteiger partial charge >= 0.3 is 6.03 Å². The minimum absolute atomic E-state index is 0.219. The first-order chi connectivity index (χ1) is 6.25. The van der Waals surface area contributed by atoms with Crippen LogP contribution in [0.2, 0.25) is 0 Å². The molecule has 1 aromatic heterocycles. The van der Waals surface area contributed by atoms with Crippen LogP contribution in [0.4, 0.5) is 10.6 Å². The summed E-state index contributed by atoms with van der Waals surface area (Å²) in [6.07, 6.45) is 2.47. The number of carbonyl (C=O) groups excluding carboxylic acids is 1. The van der Waals surface area contributed by atoms with Crippen LogP contribution in [-0.2, 0) is 0 Å². The van der Waals surface area contributed by atoms with Crippen LogP contribution in [-0.4, -0.2) is 17.2 Å². The molecule has 2 amide bonds. The molecule has 1 aliphatic carbocycles. The smallest absolute Gasteiger partial charge is 0.320 e. The van der Waals surface area contributed by atoms with Gasteiger partial charge in [-0.1, -0.05) is 12.1 Å². The number of amides is 2. The molecular formula is C8H11N3O2. The van der Waals surface area contributed by atoms with Crippen molar-refractivity contribution in [2.45, 2.75) is 19.4 Å². The monoisotopic (exact) mass is 181 g/mol. The molecule has 2 N–H and O–H groups in total. The number of nitrogens with one attached hydrogen (secondary N) is 2. The standard InChI is InChI=1S/C8H11N3O2/c1-5-4-6(5)9-8(12)10-7-2-3-13-11-7/h2-3,5-6H,4H2,1H3,(H2,9,10,11,12)/t5-,6-/m1/s1. The first-order valence-corrected chi connectivity index (χ1v) is 4.23. The Morgan fingerprint density at radius 2 is 2.54 bits per heavy atom. The van der Waals surface area contributed by atoms with E-state index in [0.29, 0.717) is 17.8 Å². The minimum atomic E-state index is -0.219. The number of rotatable bonds is 2. The quantitative estimate of drug-likeness (QED) is 0.720. The number of nitrogens with zero attached hydrogens (tertiary/aromatic N) is 1. The zero-order valence-corrected chi connectivity index (χ0v) is 7.28. The van der Waals surface area contributed by atoms with E-state index in [4.69, 9.17) is 0 Å². The molecule has 5 heteroatoms. The van der Waals surface area contributed by atoms with Gasteiger partial charge < -0.3 is 9.84 Å². The lowest BCUT2D eigenvalue weighted by atomic mass is 10.5. The van der Waals surface area contributed by atoms with E-state index in [1.165, 1.54) is 6.26 Å². The molecule has 2 atom stereocenters. The summed E-state index contributed by atoms with van der Waals surface area (Å²) in [7, 11) is 0. The number of carbonyl (C=O) groups is 1. The first kappa shape index (κ1) is 8.10. The van der Waals surface area contributed by atoms with Crippen molar-refractivity contribution in [2.24, 2.45) is 5.92 Å². The largest absolute Gasteiger partial charge is 0.363 e. The van der Waals surface area contributed by atoms with E-state index in [0.717, 1.165) is 6.42 Å². The fourth-order valence-electron chi connectivity index (χ4n) is 1.12. The molecule has 0 aliphatic heterocycles. The highest BCUT2D eigenvalue weighted by Crippen LogP contribution is 2.28. The second-order valence-corrected chi connectivity index (χ2v) is 3.30. The molecular weight excluding hydrogens is 170 g/mol. The lowest BCUT2D eigenvalue weighted by Gasteiger charge is -2.02. The van der Waals surface area contributed by atoms with Crippen molar-refractivity contribution in [3.63, 3.8) is 0 Å². The third-order valence-electron chi connectivity index (χ3n) is 2.11. The van der Waals surface area contributed by atoms with E-state index in [1.807, 2.05) is 0 Å². The van der Waals surface area contributed by atoms with Gasteiger partial charge in [-0.05, 0) is 12.3 Å². The number of hydrogen-bond acceptors (Lipinski definition) is 3. The van der Waals surface area contributed by atoms with Gasteiger partial charge in [0.05, 0.1) is 0 Å². The highest BCUT2D eigenvalue weighted by molar-refractivity contribution is 5.88. The normalized spacial score (nSPS) is 25.3. The van der Waals surface area contributed by atoms with Crippen LogP contribution < -0.4 is 10.6 Å². The van der Waals surface area contributed by atoms with E-state index in [1.54, 1.807) is 6.07 Å².